The van der Waals surface area contributed by atoms with E-state index >= 15 is 0 Å². The molecule has 0 bridgehead atoms. The Hall–Kier alpha value is -1.15. The van der Waals surface area contributed by atoms with Crippen molar-refractivity contribution < 1.29 is 17.9 Å². The first-order valence-corrected chi connectivity index (χ1v) is 7.53. The highest BCUT2D eigenvalue weighted by Crippen LogP contribution is 2.18. The van der Waals surface area contributed by atoms with Gasteiger partial charge >= 0.3 is 5.97 Å². The van der Waals surface area contributed by atoms with Gasteiger partial charge in [0.05, 0.1) is 17.6 Å². The minimum Gasteiger partial charge on any atom is -0.465 e. The molecule has 0 unspecified atom stereocenters. The van der Waals surface area contributed by atoms with Crippen LogP contribution in [0, 0.1) is 6.92 Å². The maximum Gasteiger partial charge on any atom is 0.339 e. The molecule has 21 heavy (non-hydrogen) atoms. The average Bonchev–Trinajstić information content (AvgIpc) is 2.34. The number of nitrogens with one attached hydrogen (secondary N) is 1. The Balaban J connectivity index is 0.00000400. The molecule has 1 rings (SSSR count). The third kappa shape index (κ3) is 5.62. The smallest absolute Gasteiger partial charge is 0.339 e. The highest BCUT2D eigenvalue weighted by atomic mass is 35.5. The van der Waals surface area contributed by atoms with E-state index in [0.717, 1.165) is 5.56 Å². The Kier molecular flexibility index (Phi) is 6.82. The third-order valence-electron chi connectivity index (χ3n) is 2.55. The quantitative estimate of drug-likeness (QED) is 0.788. The number of hydrogen-bond donors (Lipinski definition) is 2. The average molecular weight is 337 g/mol. The van der Waals surface area contributed by atoms with Crippen molar-refractivity contribution in [3.8, 4) is 0 Å². The van der Waals surface area contributed by atoms with Crippen LogP contribution in [0.5, 0.6) is 0 Å². The SMILES string of the molecule is COC(=O)c1cc(C)ccc1S(=O)(=O)NCC(C)(C)N.Cl. The molecule has 8 heteroatoms. The number of halogens is 1. The second-order valence-corrected chi connectivity index (χ2v) is 7.04. The predicted octanol–water partition coefficient (Wildman–Crippen LogP) is 1.22. The van der Waals surface area contributed by atoms with Crippen molar-refractivity contribution in [3.05, 3.63) is 29.3 Å². The summed E-state index contributed by atoms with van der Waals surface area (Å²) >= 11 is 0. The number of rotatable bonds is 5. The fraction of sp³-hybridized carbons (Fsp3) is 0.462. The summed E-state index contributed by atoms with van der Waals surface area (Å²) < 4.78 is 31.5. The topological polar surface area (TPSA) is 98.5 Å². The van der Waals surface area contributed by atoms with Gasteiger partial charge in [0, 0.05) is 12.1 Å². The van der Waals surface area contributed by atoms with Crippen LogP contribution >= 0.6 is 12.4 Å². The Morgan fingerprint density at radius 3 is 2.43 bits per heavy atom. The van der Waals surface area contributed by atoms with Gasteiger partial charge in [0.15, 0.2) is 0 Å². The van der Waals surface area contributed by atoms with Crippen LogP contribution in [-0.4, -0.2) is 33.6 Å². The molecule has 0 radical (unpaired) electrons. The van der Waals surface area contributed by atoms with Crippen LogP contribution in [0.15, 0.2) is 23.1 Å². The number of ether oxygens (including phenoxy) is 1. The van der Waals surface area contributed by atoms with Gasteiger partial charge in [0.25, 0.3) is 0 Å². The number of carbonyl (C=O) groups is 1. The third-order valence-corrected chi connectivity index (χ3v) is 4.01. The van der Waals surface area contributed by atoms with Gasteiger partial charge in [-0.3, -0.25) is 0 Å². The number of benzene rings is 1. The normalized spacial score (nSPS) is 11.7. The predicted molar refractivity (Wildman–Crippen MR) is 83.2 cm³/mol. The molecule has 1 aromatic carbocycles. The molecule has 0 spiro atoms. The van der Waals surface area contributed by atoms with E-state index in [-0.39, 0.29) is 29.4 Å². The lowest BCUT2D eigenvalue weighted by Crippen LogP contribution is -2.45. The lowest BCUT2D eigenvalue weighted by Gasteiger charge is -2.19. The molecule has 3 N–H and O–H groups in total. The van der Waals surface area contributed by atoms with Crippen LogP contribution in [0.25, 0.3) is 0 Å². The second kappa shape index (κ2) is 7.22. The standard InChI is InChI=1S/C13H20N2O4S.ClH/c1-9-5-6-11(10(7-9)12(16)19-4)20(17,18)15-8-13(2,3)14;/h5-7,15H,8,14H2,1-4H3;1H. The van der Waals surface area contributed by atoms with E-state index in [1.54, 1.807) is 26.8 Å². The van der Waals surface area contributed by atoms with Crippen LogP contribution in [0.1, 0.15) is 29.8 Å². The van der Waals surface area contributed by atoms with E-state index < -0.39 is 21.5 Å². The van der Waals surface area contributed by atoms with Crippen LogP contribution in [0.4, 0.5) is 0 Å². The fourth-order valence-corrected chi connectivity index (χ4v) is 2.90. The number of hydrogen-bond acceptors (Lipinski definition) is 5. The summed E-state index contributed by atoms with van der Waals surface area (Å²) in [4.78, 5) is 11.6. The van der Waals surface area contributed by atoms with Crippen molar-refractivity contribution in [3.63, 3.8) is 0 Å². The molecular formula is C13H21ClN2O4S. The van der Waals surface area contributed by atoms with E-state index in [1.807, 2.05) is 0 Å². The Morgan fingerprint density at radius 2 is 1.95 bits per heavy atom. The zero-order valence-electron chi connectivity index (χ0n) is 12.5. The van der Waals surface area contributed by atoms with E-state index in [1.165, 1.54) is 19.2 Å². The van der Waals surface area contributed by atoms with Gasteiger partial charge in [-0.05, 0) is 32.9 Å². The monoisotopic (exact) mass is 336 g/mol. The van der Waals surface area contributed by atoms with Crippen molar-refractivity contribution in [2.24, 2.45) is 5.73 Å². The van der Waals surface area contributed by atoms with Crippen molar-refractivity contribution in [2.45, 2.75) is 31.2 Å². The molecule has 1 aromatic rings. The maximum absolute atomic E-state index is 12.3. The Bertz CT molecular complexity index is 609. The van der Waals surface area contributed by atoms with Crippen LogP contribution in [-0.2, 0) is 14.8 Å². The summed E-state index contributed by atoms with van der Waals surface area (Å²) in [5.74, 6) is -0.693. The number of methoxy groups -OCH3 is 1. The lowest BCUT2D eigenvalue weighted by atomic mass is 10.1. The summed E-state index contributed by atoms with van der Waals surface area (Å²) in [5, 5.41) is 0. The zero-order valence-corrected chi connectivity index (χ0v) is 14.1. The van der Waals surface area contributed by atoms with Gasteiger partial charge in [0.1, 0.15) is 0 Å². The van der Waals surface area contributed by atoms with E-state index in [2.05, 4.69) is 9.46 Å². The Labute approximate surface area is 131 Å². The molecule has 0 aromatic heterocycles. The van der Waals surface area contributed by atoms with Gasteiger partial charge < -0.3 is 10.5 Å². The van der Waals surface area contributed by atoms with Crippen LogP contribution in [0.2, 0.25) is 0 Å². The second-order valence-electron chi connectivity index (χ2n) is 5.30. The van der Waals surface area contributed by atoms with E-state index in [0.29, 0.717) is 0 Å². The van der Waals surface area contributed by atoms with Gasteiger partial charge in [-0.15, -0.1) is 12.4 Å². The van der Waals surface area contributed by atoms with Gasteiger partial charge in [-0.1, -0.05) is 11.6 Å². The number of nitrogens with two attached hydrogens (primary N) is 1. The first kappa shape index (κ1) is 19.9. The highest BCUT2D eigenvalue weighted by molar-refractivity contribution is 7.89. The molecule has 0 aliphatic rings. The molecule has 0 fully saturated rings. The minimum absolute atomic E-state index is 0. The maximum atomic E-state index is 12.3. The van der Waals surface area contributed by atoms with Crippen molar-refractivity contribution in [1.82, 2.24) is 4.72 Å². The van der Waals surface area contributed by atoms with Gasteiger partial charge in [0.2, 0.25) is 10.0 Å². The first-order valence-electron chi connectivity index (χ1n) is 6.04. The van der Waals surface area contributed by atoms with Gasteiger partial charge in [-0.2, -0.15) is 0 Å². The number of carbonyl (C=O) groups excluding carboxylic acids is 1. The van der Waals surface area contributed by atoms with E-state index in [9.17, 15) is 13.2 Å². The summed E-state index contributed by atoms with van der Waals surface area (Å²) in [6, 6.07) is 4.48. The molecule has 120 valence electrons. The van der Waals surface area contributed by atoms with E-state index in [4.69, 9.17) is 5.73 Å². The Morgan fingerprint density at radius 1 is 1.38 bits per heavy atom. The van der Waals surface area contributed by atoms with Crippen molar-refractivity contribution in [1.29, 1.82) is 0 Å². The first-order chi connectivity index (χ1) is 9.07. The molecular weight excluding hydrogens is 316 g/mol. The van der Waals surface area contributed by atoms with Crippen molar-refractivity contribution in [2.75, 3.05) is 13.7 Å². The molecule has 0 aliphatic heterocycles. The summed E-state index contributed by atoms with van der Waals surface area (Å²) in [7, 11) is -2.62. The minimum atomic E-state index is -3.83. The molecule has 0 aliphatic carbocycles. The molecule has 6 nitrogen and oxygen atoms in total. The fourth-order valence-electron chi connectivity index (χ4n) is 1.51. The zero-order chi connectivity index (χ0) is 15.6. The van der Waals surface area contributed by atoms with Gasteiger partial charge in [-0.25, -0.2) is 17.9 Å². The largest absolute Gasteiger partial charge is 0.465 e. The van der Waals surface area contributed by atoms with Crippen molar-refractivity contribution >= 4 is 28.4 Å². The molecule has 0 atom stereocenters. The molecule has 0 saturated heterocycles. The van der Waals surface area contributed by atoms with Crippen LogP contribution in [0.3, 0.4) is 0 Å². The number of aryl methyl sites for hydroxylation is 1. The summed E-state index contributed by atoms with van der Waals surface area (Å²) in [6.07, 6.45) is 0. The lowest BCUT2D eigenvalue weighted by molar-refractivity contribution is 0.0596. The molecule has 0 saturated carbocycles. The molecule has 0 heterocycles. The van der Waals surface area contributed by atoms with Crippen LogP contribution < -0.4 is 10.5 Å². The molecule has 0 amide bonds. The number of sulfonamides is 1. The summed E-state index contributed by atoms with van der Waals surface area (Å²) in [5.41, 5.74) is 5.84. The summed E-state index contributed by atoms with van der Waals surface area (Å²) in [6.45, 7) is 5.22. The number of esters is 1. The highest BCUT2D eigenvalue weighted by Gasteiger charge is 2.24.